The van der Waals surface area contributed by atoms with Crippen LogP contribution in [-0.2, 0) is 38.8 Å². The van der Waals surface area contributed by atoms with Crippen molar-refractivity contribution in [2.45, 2.75) is 57.5 Å². The van der Waals surface area contributed by atoms with Gasteiger partial charge in [0.1, 0.15) is 18.3 Å². The van der Waals surface area contributed by atoms with Gasteiger partial charge in [-0.25, -0.2) is 0 Å². The number of aliphatic hydroxyl groups is 1. The average molecular weight is 435 g/mol. The van der Waals surface area contributed by atoms with Gasteiger partial charge in [0.2, 0.25) is 0 Å². The Morgan fingerprint density at radius 2 is 1.03 bits per heavy atom. The van der Waals surface area contributed by atoms with Crippen LogP contribution in [0.15, 0.2) is 91.0 Å². The molecule has 32 heavy (non-hydrogen) atoms. The van der Waals surface area contributed by atoms with E-state index in [2.05, 4.69) is 0 Å². The number of ether oxygens (including phenoxy) is 4. The average Bonchev–Trinajstić information content (AvgIpc) is 2.84. The summed E-state index contributed by atoms with van der Waals surface area (Å²) in [5.41, 5.74) is 3.10. The van der Waals surface area contributed by atoms with E-state index in [0.29, 0.717) is 19.8 Å². The van der Waals surface area contributed by atoms with Crippen molar-refractivity contribution in [2.24, 2.45) is 0 Å². The number of rotatable bonds is 9. The lowest BCUT2D eigenvalue weighted by Crippen LogP contribution is -2.59. The molecule has 5 atom stereocenters. The molecule has 4 rings (SSSR count). The van der Waals surface area contributed by atoms with Crippen LogP contribution in [0.25, 0.3) is 0 Å². The number of hydrogen-bond acceptors (Lipinski definition) is 5. The fourth-order valence-corrected chi connectivity index (χ4v) is 3.83. The maximum Gasteiger partial charge on any atom is 0.186 e. The highest BCUT2D eigenvalue weighted by Gasteiger charge is 2.45. The first-order valence-corrected chi connectivity index (χ1v) is 11.0. The van der Waals surface area contributed by atoms with Crippen molar-refractivity contribution < 1.29 is 24.1 Å². The second-order valence-electron chi connectivity index (χ2n) is 8.02. The van der Waals surface area contributed by atoms with Crippen molar-refractivity contribution in [3.63, 3.8) is 0 Å². The molecule has 0 saturated carbocycles. The Balaban J connectivity index is 1.45. The Bertz CT molecular complexity index is 919. The normalized spacial score (nSPS) is 25.5. The molecule has 1 aliphatic rings. The molecule has 0 amide bonds. The van der Waals surface area contributed by atoms with Gasteiger partial charge in [0.25, 0.3) is 0 Å². The smallest absolute Gasteiger partial charge is 0.186 e. The van der Waals surface area contributed by atoms with Gasteiger partial charge >= 0.3 is 0 Å². The predicted molar refractivity (Wildman–Crippen MR) is 122 cm³/mol. The highest BCUT2D eigenvalue weighted by molar-refractivity contribution is 5.15. The van der Waals surface area contributed by atoms with E-state index in [4.69, 9.17) is 18.9 Å². The van der Waals surface area contributed by atoms with Crippen molar-refractivity contribution in [3.05, 3.63) is 108 Å². The molecule has 3 aromatic rings. The molecule has 0 bridgehead atoms. The number of aliphatic hydroxyl groups excluding tert-OH is 1. The van der Waals surface area contributed by atoms with Crippen LogP contribution >= 0.6 is 0 Å². The minimum Gasteiger partial charge on any atom is -0.385 e. The van der Waals surface area contributed by atoms with E-state index in [9.17, 15) is 5.11 Å². The molecule has 0 spiro atoms. The second-order valence-corrected chi connectivity index (χ2v) is 8.02. The van der Waals surface area contributed by atoms with Gasteiger partial charge in [0.15, 0.2) is 6.29 Å². The van der Waals surface area contributed by atoms with E-state index >= 15 is 0 Å². The maximum absolute atomic E-state index is 11.1. The molecule has 0 radical (unpaired) electrons. The molecule has 0 unspecified atom stereocenters. The van der Waals surface area contributed by atoms with Crippen LogP contribution in [0.5, 0.6) is 0 Å². The van der Waals surface area contributed by atoms with Gasteiger partial charge in [-0.3, -0.25) is 0 Å². The Kier molecular flexibility index (Phi) is 8.04. The molecular formula is C27H30O5. The third-order valence-corrected chi connectivity index (χ3v) is 5.58. The lowest BCUT2D eigenvalue weighted by atomic mass is 9.99. The lowest BCUT2D eigenvalue weighted by molar-refractivity contribution is -0.312. The van der Waals surface area contributed by atoms with E-state index < -0.39 is 24.6 Å². The third kappa shape index (κ3) is 6.03. The van der Waals surface area contributed by atoms with Crippen molar-refractivity contribution in [3.8, 4) is 0 Å². The fraction of sp³-hybridized carbons (Fsp3) is 0.333. The Morgan fingerprint density at radius 1 is 0.625 bits per heavy atom. The van der Waals surface area contributed by atoms with E-state index in [1.165, 1.54) is 0 Å². The second kappa shape index (κ2) is 11.4. The summed E-state index contributed by atoms with van der Waals surface area (Å²) >= 11 is 0. The lowest BCUT2D eigenvalue weighted by Gasteiger charge is -2.43. The Hall–Kier alpha value is -2.54. The molecule has 3 aromatic carbocycles. The summed E-state index contributed by atoms with van der Waals surface area (Å²) in [5, 5.41) is 11.1. The van der Waals surface area contributed by atoms with Crippen LogP contribution in [0.1, 0.15) is 23.6 Å². The first-order valence-electron chi connectivity index (χ1n) is 11.0. The third-order valence-electron chi connectivity index (χ3n) is 5.58. The summed E-state index contributed by atoms with van der Waals surface area (Å²) in [4.78, 5) is 0. The molecule has 1 fully saturated rings. The number of benzene rings is 3. The molecule has 0 aromatic heterocycles. The van der Waals surface area contributed by atoms with Gasteiger partial charge in [-0.05, 0) is 23.6 Å². The van der Waals surface area contributed by atoms with Gasteiger partial charge in [-0.2, -0.15) is 0 Å². The summed E-state index contributed by atoms with van der Waals surface area (Å²) < 4.78 is 24.4. The fourth-order valence-electron chi connectivity index (χ4n) is 3.83. The zero-order valence-electron chi connectivity index (χ0n) is 18.2. The first kappa shape index (κ1) is 22.6. The van der Waals surface area contributed by atoms with E-state index in [1.807, 2.05) is 97.9 Å². The van der Waals surface area contributed by atoms with Crippen molar-refractivity contribution in [2.75, 3.05) is 0 Å². The standard InChI is InChI=1S/C27H30O5/c1-20-25(29-17-21-11-5-2-6-12-21)26(30-18-22-13-7-3-8-14-22)24(28)27(32-20)31-19-23-15-9-4-10-16-23/h2-16,20,24-28H,17-19H2,1H3/t20-,24+,25-,26-,27+/m1/s1. The van der Waals surface area contributed by atoms with E-state index in [1.54, 1.807) is 0 Å². The molecule has 1 saturated heterocycles. The monoisotopic (exact) mass is 434 g/mol. The highest BCUT2D eigenvalue weighted by atomic mass is 16.7. The quantitative estimate of drug-likeness (QED) is 0.538. The largest absolute Gasteiger partial charge is 0.385 e. The first-order chi connectivity index (χ1) is 15.7. The van der Waals surface area contributed by atoms with Crippen LogP contribution in [0, 0.1) is 0 Å². The molecular weight excluding hydrogens is 404 g/mol. The highest BCUT2D eigenvalue weighted by Crippen LogP contribution is 2.28. The molecule has 1 aliphatic heterocycles. The minimum atomic E-state index is -0.987. The van der Waals surface area contributed by atoms with E-state index in [0.717, 1.165) is 16.7 Å². The summed E-state index contributed by atoms with van der Waals surface area (Å²) in [6, 6.07) is 29.7. The van der Waals surface area contributed by atoms with Crippen LogP contribution < -0.4 is 0 Å². The zero-order chi connectivity index (χ0) is 22.2. The van der Waals surface area contributed by atoms with Crippen molar-refractivity contribution in [1.82, 2.24) is 0 Å². The molecule has 5 nitrogen and oxygen atoms in total. The van der Waals surface area contributed by atoms with Crippen LogP contribution in [-0.4, -0.2) is 35.8 Å². The SMILES string of the molecule is C[C@H]1O[C@H](OCc2ccccc2)[C@@H](O)[C@@H](OCc2ccccc2)[C@@H]1OCc1ccccc1. The van der Waals surface area contributed by atoms with Crippen molar-refractivity contribution in [1.29, 1.82) is 0 Å². The summed E-state index contributed by atoms with van der Waals surface area (Å²) in [5.74, 6) is 0. The van der Waals surface area contributed by atoms with Crippen LogP contribution in [0.3, 0.4) is 0 Å². The molecule has 5 heteroatoms. The van der Waals surface area contributed by atoms with Gasteiger partial charge in [-0.1, -0.05) is 91.0 Å². The minimum absolute atomic E-state index is 0.316. The van der Waals surface area contributed by atoms with Crippen molar-refractivity contribution >= 4 is 0 Å². The Labute approximate surface area is 189 Å². The van der Waals surface area contributed by atoms with Crippen LogP contribution in [0.2, 0.25) is 0 Å². The molecule has 168 valence electrons. The van der Waals surface area contributed by atoms with Gasteiger partial charge in [-0.15, -0.1) is 0 Å². The van der Waals surface area contributed by atoms with Gasteiger partial charge in [0, 0.05) is 0 Å². The maximum atomic E-state index is 11.1. The molecule has 1 N–H and O–H groups in total. The van der Waals surface area contributed by atoms with E-state index in [-0.39, 0.29) is 6.10 Å². The number of hydrogen-bond donors (Lipinski definition) is 1. The van der Waals surface area contributed by atoms with Gasteiger partial charge in [0.05, 0.1) is 25.9 Å². The van der Waals surface area contributed by atoms with Gasteiger partial charge < -0.3 is 24.1 Å². The Morgan fingerprint density at radius 3 is 1.50 bits per heavy atom. The summed E-state index contributed by atoms with van der Waals surface area (Å²) in [7, 11) is 0. The molecule has 0 aliphatic carbocycles. The van der Waals surface area contributed by atoms with Crippen LogP contribution in [0.4, 0.5) is 0 Å². The summed E-state index contributed by atoms with van der Waals surface area (Å²) in [6.45, 7) is 3.05. The summed E-state index contributed by atoms with van der Waals surface area (Å²) in [6.07, 6.45) is -3.14. The zero-order valence-corrected chi connectivity index (χ0v) is 18.2. The molecule has 1 heterocycles. The predicted octanol–water partition coefficient (Wildman–Crippen LogP) is 4.48. The topological polar surface area (TPSA) is 57.2 Å².